The van der Waals surface area contributed by atoms with Gasteiger partial charge >= 0.3 is 6.01 Å². The largest absolute Gasteiger partial charge is 0.456 e. The zero-order valence-corrected chi connectivity index (χ0v) is 18.7. The highest BCUT2D eigenvalue weighted by Crippen LogP contribution is 2.46. The first-order chi connectivity index (χ1) is 14.0. The number of nitrogens with zero attached hydrogens (tertiary/aromatic N) is 1. The van der Waals surface area contributed by atoms with Crippen LogP contribution in [-0.2, 0) is 17.3 Å². The van der Waals surface area contributed by atoms with E-state index in [1.807, 2.05) is 6.07 Å². The number of furan rings is 1. The Bertz CT molecular complexity index is 1100. The van der Waals surface area contributed by atoms with E-state index in [0.29, 0.717) is 12.1 Å². The molecule has 158 valence electrons. The number of hydrogen-bond acceptors (Lipinski definition) is 4. The first kappa shape index (κ1) is 20.5. The lowest BCUT2D eigenvalue weighted by molar-refractivity contribution is 0.0992. The van der Waals surface area contributed by atoms with Gasteiger partial charge in [0.05, 0.1) is 5.69 Å². The van der Waals surface area contributed by atoms with Gasteiger partial charge in [-0.25, -0.2) is 0 Å². The summed E-state index contributed by atoms with van der Waals surface area (Å²) >= 11 is 0. The van der Waals surface area contributed by atoms with Crippen molar-refractivity contribution in [3.63, 3.8) is 0 Å². The number of carbonyl (C=O) groups is 1. The maximum atomic E-state index is 12.4. The van der Waals surface area contributed by atoms with E-state index in [1.54, 1.807) is 13.0 Å². The highest BCUT2D eigenvalue weighted by molar-refractivity contribution is 6.01. The second-order valence-corrected chi connectivity index (χ2v) is 9.78. The van der Waals surface area contributed by atoms with Crippen molar-refractivity contribution in [2.24, 2.45) is 0 Å². The minimum Gasteiger partial charge on any atom is -0.456 e. The molecule has 2 aromatic heterocycles. The van der Waals surface area contributed by atoms with Gasteiger partial charge in [-0.2, -0.15) is 4.98 Å². The van der Waals surface area contributed by atoms with E-state index in [9.17, 15) is 4.79 Å². The Labute approximate surface area is 177 Å². The van der Waals surface area contributed by atoms with Crippen molar-refractivity contribution >= 4 is 11.9 Å². The maximum Gasteiger partial charge on any atom is 0.301 e. The molecule has 0 unspecified atom stereocenters. The SMILES string of the molecule is Cc1coc(NC(=O)c2ccc(Cc3cc4c(cc3C)C(C)(C)CCC4(C)C)o2)n1. The van der Waals surface area contributed by atoms with E-state index < -0.39 is 0 Å². The Kier molecular flexibility index (Phi) is 4.88. The molecule has 0 fully saturated rings. The molecule has 0 aliphatic heterocycles. The number of oxazole rings is 1. The number of hydrogen-bond donors (Lipinski definition) is 1. The maximum absolute atomic E-state index is 12.4. The van der Waals surface area contributed by atoms with Crippen molar-refractivity contribution < 1.29 is 13.6 Å². The zero-order valence-electron chi connectivity index (χ0n) is 18.7. The minimum absolute atomic E-state index is 0.162. The number of carbonyl (C=O) groups excluding carboxylic acids is 1. The predicted molar refractivity (Wildman–Crippen MR) is 117 cm³/mol. The molecule has 0 saturated heterocycles. The number of fused-ring (bicyclic) bond motifs is 1. The fourth-order valence-electron chi connectivity index (χ4n) is 4.31. The van der Waals surface area contributed by atoms with E-state index in [-0.39, 0.29) is 28.5 Å². The number of anilines is 1. The fourth-order valence-corrected chi connectivity index (χ4v) is 4.31. The predicted octanol–water partition coefficient (Wildman–Crippen LogP) is 6.08. The molecule has 0 spiro atoms. The van der Waals surface area contributed by atoms with E-state index in [0.717, 1.165) is 5.76 Å². The van der Waals surface area contributed by atoms with Crippen LogP contribution in [0.3, 0.4) is 0 Å². The summed E-state index contributed by atoms with van der Waals surface area (Å²) in [5.74, 6) is 0.644. The van der Waals surface area contributed by atoms with Crippen molar-refractivity contribution in [3.05, 3.63) is 70.0 Å². The smallest absolute Gasteiger partial charge is 0.301 e. The Morgan fingerprint density at radius 1 is 1.07 bits per heavy atom. The van der Waals surface area contributed by atoms with Gasteiger partial charge in [0, 0.05) is 6.42 Å². The van der Waals surface area contributed by atoms with Gasteiger partial charge in [-0.05, 0) is 71.9 Å². The summed E-state index contributed by atoms with van der Waals surface area (Å²) in [5, 5.41) is 2.62. The monoisotopic (exact) mass is 406 g/mol. The molecule has 1 N–H and O–H groups in total. The number of nitrogens with one attached hydrogen (secondary N) is 1. The number of benzene rings is 1. The van der Waals surface area contributed by atoms with Crippen LogP contribution in [0.4, 0.5) is 6.01 Å². The molecule has 0 saturated carbocycles. The molecule has 0 bridgehead atoms. The van der Waals surface area contributed by atoms with Crippen LogP contribution >= 0.6 is 0 Å². The van der Waals surface area contributed by atoms with Crippen molar-refractivity contribution in [2.75, 3.05) is 5.32 Å². The highest BCUT2D eigenvalue weighted by atomic mass is 16.4. The van der Waals surface area contributed by atoms with Gasteiger partial charge in [-0.1, -0.05) is 39.8 Å². The topological polar surface area (TPSA) is 68.3 Å². The van der Waals surface area contributed by atoms with Crippen molar-refractivity contribution in [1.82, 2.24) is 4.98 Å². The summed E-state index contributed by atoms with van der Waals surface area (Å²) in [7, 11) is 0. The van der Waals surface area contributed by atoms with Gasteiger partial charge in [-0.15, -0.1) is 0 Å². The lowest BCUT2D eigenvalue weighted by Gasteiger charge is -2.42. The van der Waals surface area contributed by atoms with Crippen LogP contribution in [0.1, 0.15) is 84.8 Å². The zero-order chi connectivity index (χ0) is 21.7. The van der Waals surface area contributed by atoms with Crippen LogP contribution in [0.5, 0.6) is 0 Å². The van der Waals surface area contributed by atoms with Crippen molar-refractivity contribution in [2.45, 2.75) is 71.6 Å². The molecular formula is C25H30N2O3. The average Bonchev–Trinajstić information content (AvgIpc) is 3.29. The Morgan fingerprint density at radius 3 is 2.37 bits per heavy atom. The quantitative estimate of drug-likeness (QED) is 0.570. The number of rotatable bonds is 4. The standard InChI is InChI=1S/C25H30N2O3/c1-15-11-19-20(25(5,6)10-9-24(19,3)4)13-17(15)12-18-7-8-21(30-18)22(28)27-23-26-16(2)14-29-23/h7-8,11,13-14H,9-10,12H2,1-6H3,(H,26,27,28). The van der Waals surface area contributed by atoms with Crippen LogP contribution in [0.2, 0.25) is 0 Å². The van der Waals surface area contributed by atoms with E-state index in [1.165, 1.54) is 41.4 Å². The van der Waals surface area contributed by atoms with Crippen molar-refractivity contribution in [1.29, 1.82) is 0 Å². The van der Waals surface area contributed by atoms with Gasteiger partial charge < -0.3 is 8.83 Å². The molecule has 1 aromatic carbocycles. The van der Waals surface area contributed by atoms with Crippen LogP contribution < -0.4 is 5.32 Å². The summed E-state index contributed by atoms with van der Waals surface area (Å²) in [4.78, 5) is 16.5. The molecular weight excluding hydrogens is 376 g/mol. The normalized spacial score (nSPS) is 16.9. The first-order valence-electron chi connectivity index (χ1n) is 10.5. The summed E-state index contributed by atoms with van der Waals surface area (Å²) in [6.07, 6.45) is 4.53. The molecule has 1 aliphatic rings. The molecule has 30 heavy (non-hydrogen) atoms. The fraction of sp³-hybridized carbons (Fsp3) is 0.440. The van der Waals surface area contributed by atoms with Gasteiger partial charge in [-0.3, -0.25) is 10.1 Å². The Morgan fingerprint density at radius 2 is 1.73 bits per heavy atom. The molecule has 4 rings (SSSR count). The molecule has 5 nitrogen and oxygen atoms in total. The molecule has 3 aromatic rings. The summed E-state index contributed by atoms with van der Waals surface area (Å²) in [5.41, 5.74) is 6.46. The molecule has 0 atom stereocenters. The number of aromatic nitrogens is 1. The Hall–Kier alpha value is -2.82. The lowest BCUT2D eigenvalue weighted by atomic mass is 9.62. The second-order valence-electron chi connectivity index (χ2n) is 9.78. The average molecular weight is 407 g/mol. The van der Waals surface area contributed by atoms with E-state index in [4.69, 9.17) is 8.83 Å². The Balaban J connectivity index is 1.57. The molecule has 1 amide bonds. The van der Waals surface area contributed by atoms with Gasteiger partial charge in [0.2, 0.25) is 0 Å². The van der Waals surface area contributed by atoms with Crippen LogP contribution in [0.15, 0.2) is 39.4 Å². The third kappa shape index (κ3) is 3.81. The third-order valence-corrected chi connectivity index (χ3v) is 6.40. The van der Waals surface area contributed by atoms with Gasteiger partial charge in [0.1, 0.15) is 12.0 Å². The lowest BCUT2D eigenvalue weighted by Crippen LogP contribution is -2.34. The van der Waals surface area contributed by atoms with Gasteiger partial charge in [0.25, 0.3) is 5.91 Å². The number of aryl methyl sites for hydroxylation is 2. The summed E-state index contributed by atoms with van der Waals surface area (Å²) in [6.45, 7) is 13.3. The molecule has 0 radical (unpaired) electrons. The second kappa shape index (κ2) is 7.15. The van der Waals surface area contributed by atoms with Crippen LogP contribution in [-0.4, -0.2) is 10.9 Å². The summed E-state index contributed by atoms with van der Waals surface area (Å²) in [6, 6.07) is 8.44. The molecule has 5 heteroatoms. The molecule has 2 heterocycles. The summed E-state index contributed by atoms with van der Waals surface area (Å²) < 4.78 is 11.0. The third-order valence-electron chi connectivity index (χ3n) is 6.40. The van der Waals surface area contributed by atoms with Crippen LogP contribution in [0, 0.1) is 13.8 Å². The highest BCUT2D eigenvalue weighted by Gasteiger charge is 2.37. The van der Waals surface area contributed by atoms with Crippen molar-refractivity contribution in [3.8, 4) is 0 Å². The minimum atomic E-state index is -0.367. The first-order valence-corrected chi connectivity index (χ1v) is 10.5. The van der Waals surface area contributed by atoms with Gasteiger partial charge in [0.15, 0.2) is 5.76 Å². The van der Waals surface area contributed by atoms with E-state index >= 15 is 0 Å². The van der Waals surface area contributed by atoms with Crippen LogP contribution in [0.25, 0.3) is 0 Å². The van der Waals surface area contributed by atoms with E-state index in [2.05, 4.69) is 57.1 Å². The number of amides is 1. The molecule has 1 aliphatic carbocycles.